The molecule has 0 N–H and O–H groups in total. The van der Waals surface area contributed by atoms with Crippen molar-refractivity contribution in [3.05, 3.63) is 82.7 Å². The van der Waals surface area contributed by atoms with Crippen LogP contribution in [0.3, 0.4) is 0 Å². The predicted molar refractivity (Wildman–Crippen MR) is 114 cm³/mol. The molecule has 0 aliphatic heterocycles. The molecule has 1 aromatic carbocycles. The van der Waals surface area contributed by atoms with Crippen LogP contribution in [0.25, 0.3) is 38.9 Å². The van der Waals surface area contributed by atoms with Gasteiger partial charge >= 0.3 is 6.18 Å². The molecule has 0 spiro atoms. The van der Waals surface area contributed by atoms with E-state index in [1.807, 2.05) is 31.2 Å². The number of hydrogen-bond acceptors (Lipinski definition) is 4. The Balaban J connectivity index is 1.77. The molecule has 0 bridgehead atoms. The summed E-state index contributed by atoms with van der Waals surface area (Å²) in [5, 5.41) is 4.99. The van der Waals surface area contributed by atoms with Gasteiger partial charge in [0.1, 0.15) is 11.3 Å². The first kappa shape index (κ1) is 19.9. The highest BCUT2D eigenvalue weighted by Crippen LogP contribution is 2.31. The highest BCUT2D eigenvalue weighted by atomic mass is 19.4. The van der Waals surface area contributed by atoms with Crippen molar-refractivity contribution in [3.8, 4) is 22.4 Å². The van der Waals surface area contributed by atoms with E-state index in [2.05, 4.69) is 15.1 Å². The van der Waals surface area contributed by atoms with Crippen molar-refractivity contribution < 1.29 is 13.2 Å². The first-order valence-corrected chi connectivity index (χ1v) is 9.72. The van der Waals surface area contributed by atoms with Crippen LogP contribution in [0.2, 0.25) is 0 Å². The number of fused-ring (bicyclic) bond motifs is 3. The van der Waals surface area contributed by atoms with Gasteiger partial charge in [-0.15, -0.1) is 0 Å². The van der Waals surface area contributed by atoms with Crippen molar-refractivity contribution in [2.24, 2.45) is 7.05 Å². The molecule has 4 heterocycles. The van der Waals surface area contributed by atoms with Gasteiger partial charge in [-0.25, -0.2) is 4.52 Å². The third-order valence-electron chi connectivity index (χ3n) is 5.46. The van der Waals surface area contributed by atoms with Crippen molar-refractivity contribution in [2.45, 2.75) is 13.1 Å². The van der Waals surface area contributed by atoms with Gasteiger partial charge in [0.25, 0.3) is 5.56 Å². The van der Waals surface area contributed by atoms with Crippen LogP contribution in [0, 0.1) is 6.92 Å². The minimum atomic E-state index is -4.56. The number of rotatable bonds is 2. The average molecular weight is 435 g/mol. The van der Waals surface area contributed by atoms with Gasteiger partial charge in [-0.1, -0.05) is 12.1 Å². The van der Waals surface area contributed by atoms with E-state index in [-0.39, 0.29) is 11.1 Å². The van der Waals surface area contributed by atoms with Crippen LogP contribution in [-0.4, -0.2) is 24.1 Å². The van der Waals surface area contributed by atoms with Crippen LogP contribution in [-0.2, 0) is 13.2 Å². The Morgan fingerprint density at radius 2 is 1.75 bits per heavy atom. The molecular formula is C23H16F3N5O. The maximum absolute atomic E-state index is 13.1. The molecule has 0 radical (unpaired) electrons. The Bertz CT molecular complexity index is 1570. The summed E-state index contributed by atoms with van der Waals surface area (Å²) in [6.07, 6.45) is -1.76. The zero-order valence-electron chi connectivity index (χ0n) is 17.1. The van der Waals surface area contributed by atoms with E-state index >= 15 is 0 Å². The molecule has 160 valence electrons. The van der Waals surface area contributed by atoms with E-state index in [0.717, 1.165) is 29.1 Å². The normalized spacial score (nSPS) is 12.0. The maximum atomic E-state index is 13.1. The molecule has 0 unspecified atom stereocenters. The van der Waals surface area contributed by atoms with Gasteiger partial charge in [-0.3, -0.25) is 19.3 Å². The summed E-state index contributed by atoms with van der Waals surface area (Å²) >= 11 is 0. The molecule has 0 fully saturated rings. The van der Waals surface area contributed by atoms with Gasteiger partial charge < -0.3 is 0 Å². The number of benzene rings is 1. The summed E-state index contributed by atoms with van der Waals surface area (Å²) in [5.74, 6) is 0. The quantitative estimate of drug-likeness (QED) is 0.405. The lowest BCUT2D eigenvalue weighted by atomic mass is 10.0. The Hall–Kier alpha value is -4.01. The number of hydrogen-bond donors (Lipinski definition) is 0. The van der Waals surface area contributed by atoms with Crippen LogP contribution in [0.1, 0.15) is 11.4 Å². The van der Waals surface area contributed by atoms with E-state index in [1.54, 1.807) is 29.9 Å². The fourth-order valence-electron chi connectivity index (χ4n) is 3.80. The van der Waals surface area contributed by atoms with Crippen LogP contribution < -0.4 is 5.56 Å². The SMILES string of the molecule is Cc1ncccc1-c1ccc2c(=O)n(C)c3cc(-c4ccnc(C(F)(F)F)c4)nn3c2c1. The smallest absolute Gasteiger partial charge is 0.296 e. The lowest BCUT2D eigenvalue weighted by molar-refractivity contribution is -0.141. The average Bonchev–Trinajstić information content (AvgIpc) is 3.23. The molecule has 0 amide bonds. The maximum Gasteiger partial charge on any atom is 0.433 e. The summed E-state index contributed by atoms with van der Waals surface area (Å²) in [5.41, 5.74) is 2.98. The highest BCUT2D eigenvalue weighted by molar-refractivity contribution is 5.86. The van der Waals surface area contributed by atoms with Crippen LogP contribution in [0.5, 0.6) is 0 Å². The molecular weight excluding hydrogens is 419 g/mol. The van der Waals surface area contributed by atoms with Crippen LogP contribution >= 0.6 is 0 Å². The Kier molecular flexibility index (Phi) is 4.37. The molecule has 0 saturated carbocycles. The van der Waals surface area contributed by atoms with Gasteiger partial charge in [0.2, 0.25) is 0 Å². The van der Waals surface area contributed by atoms with Crippen molar-refractivity contribution in [2.75, 3.05) is 0 Å². The molecule has 0 aliphatic carbocycles. The number of aromatic nitrogens is 5. The second kappa shape index (κ2) is 7.01. The molecule has 9 heteroatoms. The Morgan fingerprint density at radius 3 is 2.50 bits per heavy atom. The summed E-state index contributed by atoms with van der Waals surface area (Å²) < 4.78 is 42.3. The van der Waals surface area contributed by atoms with Gasteiger partial charge in [-0.05, 0) is 42.8 Å². The van der Waals surface area contributed by atoms with Crippen LogP contribution in [0.15, 0.2) is 65.7 Å². The van der Waals surface area contributed by atoms with Crippen molar-refractivity contribution in [3.63, 3.8) is 0 Å². The number of halogens is 3. The second-order valence-corrected chi connectivity index (χ2v) is 7.46. The molecule has 0 saturated heterocycles. The van der Waals surface area contributed by atoms with Crippen LogP contribution in [0.4, 0.5) is 13.2 Å². The summed E-state index contributed by atoms with van der Waals surface area (Å²) in [6, 6.07) is 13.2. The molecule has 0 aliphatic rings. The Morgan fingerprint density at radius 1 is 0.938 bits per heavy atom. The summed E-state index contributed by atoms with van der Waals surface area (Å²) in [4.78, 5) is 20.7. The standard InChI is InChI=1S/C23H16F3N5O/c1-13-16(4-3-8-27-13)14-5-6-17-19(10-14)31-21(30(2)22(17)32)12-18(29-31)15-7-9-28-20(11-15)23(24,25)26/h3-12H,1-2H3. The van der Waals surface area contributed by atoms with E-state index in [1.165, 1.54) is 10.6 Å². The summed E-state index contributed by atoms with van der Waals surface area (Å²) in [7, 11) is 1.61. The monoisotopic (exact) mass is 435 g/mol. The van der Waals surface area contributed by atoms with E-state index in [0.29, 0.717) is 22.2 Å². The zero-order chi connectivity index (χ0) is 22.6. The van der Waals surface area contributed by atoms with Gasteiger partial charge in [-0.2, -0.15) is 18.3 Å². The minimum Gasteiger partial charge on any atom is -0.296 e. The third kappa shape index (κ3) is 3.13. The molecule has 32 heavy (non-hydrogen) atoms. The van der Waals surface area contributed by atoms with E-state index < -0.39 is 11.9 Å². The molecule has 4 aromatic heterocycles. The fourth-order valence-corrected chi connectivity index (χ4v) is 3.80. The number of nitrogens with zero attached hydrogens (tertiary/aromatic N) is 5. The van der Waals surface area contributed by atoms with E-state index in [4.69, 9.17) is 0 Å². The predicted octanol–water partition coefficient (Wildman–Crippen LogP) is 4.64. The number of aryl methyl sites for hydroxylation is 2. The van der Waals surface area contributed by atoms with Crippen molar-refractivity contribution >= 4 is 16.6 Å². The number of alkyl halides is 3. The van der Waals surface area contributed by atoms with Gasteiger partial charge in [0, 0.05) is 42.3 Å². The fraction of sp³-hybridized carbons (Fsp3) is 0.130. The molecule has 5 aromatic rings. The van der Waals surface area contributed by atoms with E-state index in [9.17, 15) is 18.0 Å². The minimum absolute atomic E-state index is 0.223. The molecule has 0 atom stereocenters. The highest BCUT2D eigenvalue weighted by Gasteiger charge is 2.32. The lowest BCUT2D eigenvalue weighted by Crippen LogP contribution is -2.19. The first-order chi connectivity index (χ1) is 15.2. The van der Waals surface area contributed by atoms with Gasteiger partial charge in [0.15, 0.2) is 0 Å². The van der Waals surface area contributed by atoms with Crippen molar-refractivity contribution in [1.82, 2.24) is 24.1 Å². The molecule has 6 nitrogen and oxygen atoms in total. The third-order valence-corrected chi connectivity index (χ3v) is 5.46. The lowest BCUT2D eigenvalue weighted by Gasteiger charge is -2.09. The largest absolute Gasteiger partial charge is 0.433 e. The van der Waals surface area contributed by atoms with Gasteiger partial charge in [0.05, 0.1) is 16.6 Å². The zero-order valence-corrected chi connectivity index (χ0v) is 17.1. The first-order valence-electron chi connectivity index (χ1n) is 9.72. The van der Waals surface area contributed by atoms with Crippen molar-refractivity contribution in [1.29, 1.82) is 0 Å². The number of pyridine rings is 2. The Labute approximate surface area is 179 Å². The molecule has 5 rings (SSSR count). The topological polar surface area (TPSA) is 65.1 Å². The summed E-state index contributed by atoms with van der Waals surface area (Å²) in [6.45, 7) is 1.90. The second-order valence-electron chi connectivity index (χ2n) is 7.46.